The first-order valence-corrected chi connectivity index (χ1v) is 8.58. The van der Waals surface area contributed by atoms with Gasteiger partial charge in [-0.25, -0.2) is 0 Å². The summed E-state index contributed by atoms with van der Waals surface area (Å²) in [5.74, 6) is 1.21. The number of hydrogen-bond acceptors (Lipinski definition) is 3. The SMILES string of the molecule is CCNc1cc2c(cc1O)[C@@]13CCCC[C@H]1[C@@H](C2)NCC3. The highest BCUT2D eigenvalue weighted by Gasteiger charge is 2.51. The van der Waals surface area contributed by atoms with E-state index in [9.17, 15) is 5.11 Å². The predicted molar refractivity (Wildman–Crippen MR) is 86.0 cm³/mol. The van der Waals surface area contributed by atoms with Crippen molar-refractivity contribution in [2.24, 2.45) is 5.92 Å². The monoisotopic (exact) mass is 286 g/mol. The number of phenolic OH excluding ortho intramolecular Hbond substituents is 1. The maximum absolute atomic E-state index is 10.4. The van der Waals surface area contributed by atoms with Crippen molar-refractivity contribution in [1.29, 1.82) is 0 Å². The Bertz CT molecular complexity index is 552. The molecule has 2 bridgehead atoms. The lowest BCUT2D eigenvalue weighted by molar-refractivity contribution is 0.0796. The summed E-state index contributed by atoms with van der Waals surface area (Å²) in [6, 6.07) is 4.94. The topological polar surface area (TPSA) is 44.3 Å². The summed E-state index contributed by atoms with van der Waals surface area (Å²) >= 11 is 0. The normalized spacial score (nSPS) is 34.0. The molecule has 1 aromatic carbocycles. The van der Waals surface area contributed by atoms with E-state index in [0.29, 0.717) is 17.2 Å². The summed E-state index contributed by atoms with van der Waals surface area (Å²) in [6.45, 7) is 4.06. The second-order valence-corrected chi connectivity index (χ2v) is 7.08. The molecule has 1 aromatic rings. The van der Waals surface area contributed by atoms with Gasteiger partial charge in [0.05, 0.1) is 5.69 Å². The van der Waals surface area contributed by atoms with E-state index in [1.165, 1.54) is 43.2 Å². The molecule has 0 unspecified atom stereocenters. The highest BCUT2D eigenvalue weighted by atomic mass is 16.3. The van der Waals surface area contributed by atoms with Crippen molar-refractivity contribution >= 4 is 5.69 Å². The minimum Gasteiger partial charge on any atom is -0.506 e. The van der Waals surface area contributed by atoms with Crippen LogP contribution in [-0.4, -0.2) is 24.2 Å². The van der Waals surface area contributed by atoms with Gasteiger partial charge in [0.15, 0.2) is 0 Å². The molecule has 21 heavy (non-hydrogen) atoms. The molecule has 1 saturated carbocycles. The van der Waals surface area contributed by atoms with Gasteiger partial charge < -0.3 is 15.7 Å². The zero-order valence-electron chi connectivity index (χ0n) is 12.9. The summed E-state index contributed by atoms with van der Waals surface area (Å²) in [5.41, 5.74) is 4.16. The van der Waals surface area contributed by atoms with Gasteiger partial charge in [-0.3, -0.25) is 0 Å². The average Bonchev–Trinajstić information content (AvgIpc) is 2.49. The molecule has 0 aromatic heterocycles. The van der Waals surface area contributed by atoms with Crippen LogP contribution in [0.5, 0.6) is 5.75 Å². The Morgan fingerprint density at radius 1 is 1.33 bits per heavy atom. The van der Waals surface area contributed by atoms with Crippen LogP contribution >= 0.6 is 0 Å². The Morgan fingerprint density at radius 3 is 3.10 bits per heavy atom. The summed E-state index contributed by atoms with van der Waals surface area (Å²) in [4.78, 5) is 0. The van der Waals surface area contributed by atoms with E-state index in [-0.39, 0.29) is 0 Å². The maximum Gasteiger partial charge on any atom is 0.138 e. The third-order valence-electron chi connectivity index (χ3n) is 6.13. The summed E-state index contributed by atoms with van der Waals surface area (Å²) in [6.07, 6.45) is 7.75. The Hall–Kier alpha value is -1.22. The van der Waals surface area contributed by atoms with Crippen molar-refractivity contribution in [2.45, 2.75) is 56.9 Å². The van der Waals surface area contributed by atoms with E-state index in [2.05, 4.69) is 29.7 Å². The van der Waals surface area contributed by atoms with E-state index in [1.54, 1.807) is 0 Å². The molecule has 3 heteroatoms. The minimum absolute atomic E-state index is 0.337. The van der Waals surface area contributed by atoms with Gasteiger partial charge in [-0.1, -0.05) is 12.8 Å². The first kappa shape index (κ1) is 13.4. The second kappa shape index (κ2) is 4.91. The fourth-order valence-corrected chi connectivity index (χ4v) is 5.30. The lowest BCUT2D eigenvalue weighted by Crippen LogP contribution is -2.59. The van der Waals surface area contributed by atoms with Crippen LogP contribution in [0, 0.1) is 5.92 Å². The molecule has 3 aliphatic rings. The van der Waals surface area contributed by atoms with Crippen LogP contribution < -0.4 is 10.6 Å². The van der Waals surface area contributed by atoms with Crippen molar-refractivity contribution < 1.29 is 5.11 Å². The highest BCUT2D eigenvalue weighted by Crippen LogP contribution is 2.54. The molecule has 3 N–H and O–H groups in total. The molecule has 4 rings (SSSR count). The Labute approximate surface area is 127 Å². The van der Waals surface area contributed by atoms with Crippen molar-refractivity contribution in [1.82, 2.24) is 5.32 Å². The van der Waals surface area contributed by atoms with Gasteiger partial charge in [0, 0.05) is 18.0 Å². The van der Waals surface area contributed by atoms with Crippen LogP contribution in [0.15, 0.2) is 12.1 Å². The van der Waals surface area contributed by atoms with Gasteiger partial charge in [0.1, 0.15) is 5.75 Å². The van der Waals surface area contributed by atoms with Crippen LogP contribution in [0.25, 0.3) is 0 Å². The third-order valence-corrected chi connectivity index (χ3v) is 6.13. The molecule has 3 nitrogen and oxygen atoms in total. The molecule has 1 saturated heterocycles. The number of anilines is 1. The predicted octanol–water partition coefficient (Wildman–Crippen LogP) is 3.17. The number of piperidine rings is 1. The number of nitrogens with one attached hydrogen (secondary N) is 2. The maximum atomic E-state index is 10.4. The molecule has 3 atom stereocenters. The van der Waals surface area contributed by atoms with Crippen molar-refractivity contribution in [3.63, 3.8) is 0 Å². The fourth-order valence-electron chi connectivity index (χ4n) is 5.30. The van der Waals surface area contributed by atoms with E-state index in [4.69, 9.17) is 0 Å². The zero-order chi connectivity index (χ0) is 14.4. The molecule has 0 spiro atoms. The molecule has 2 fully saturated rings. The van der Waals surface area contributed by atoms with Crippen molar-refractivity contribution in [2.75, 3.05) is 18.4 Å². The Kier molecular flexibility index (Phi) is 3.14. The van der Waals surface area contributed by atoms with Crippen LogP contribution in [0.3, 0.4) is 0 Å². The van der Waals surface area contributed by atoms with E-state index < -0.39 is 0 Å². The van der Waals surface area contributed by atoms with Gasteiger partial charge >= 0.3 is 0 Å². The second-order valence-electron chi connectivity index (χ2n) is 7.08. The Balaban J connectivity index is 1.84. The highest BCUT2D eigenvalue weighted by molar-refractivity contribution is 5.62. The van der Waals surface area contributed by atoms with Gasteiger partial charge in [-0.2, -0.15) is 0 Å². The number of hydrogen-bond donors (Lipinski definition) is 3. The molecule has 0 amide bonds. The largest absolute Gasteiger partial charge is 0.506 e. The van der Waals surface area contributed by atoms with Gasteiger partial charge in [-0.15, -0.1) is 0 Å². The molecular formula is C18H26N2O. The molecular weight excluding hydrogens is 260 g/mol. The number of aromatic hydroxyl groups is 1. The quantitative estimate of drug-likeness (QED) is 0.732. The number of benzene rings is 1. The van der Waals surface area contributed by atoms with Crippen LogP contribution in [-0.2, 0) is 11.8 Å². The van der Waals surface area contributed by atoms with E-state index in [0.717, 1.165) is 31.1 Å². The van der Waals surface area contributed by atoms with Crippen LogP contribution in [0.4, 0.5) is 5.69 Å². The number of fused-ring (bicyclic) bond motifs is 1. The molecule has 1 heterocycles. The minimum atomic E-state index is 0.337. The number of rotatable bonds is 2. The first-order valence-electron chi connectivity index (χ1n) is 8.58. The van der Waals surface area contributed by atoms with Gasteiger partial charge in [0.25, 0.3) is 0 Å². The first-order chi connectivity index (χ1) is 10.2. The fraction of sp³-hybridized carbons (Fsp3) is 0.667. The smallest absolute Gasteiger partial charge is 0.138 e. The van der Waals surface area contributed by atoms with Crippen molar-refractivity contribution in [3.8, 4) is 5.75 Å². The molecule has 0 radical (unpaired) electrons. The molecule has 114 valence electrons. The standard InChI is InChI=1S/C18H26N2O/c1-2-19-16-10-12-9-15-13-5-3-4-6-18(13,7-8-20-15)14(12)11-17(16)21/h10-11,13,15,19-21H,2-9H2,1H3/t13-,15+,18+/m0/s1. The van der Waals surface area contributed by atoms with Crippen molar-refractivity contribution in [3.05, 3.63) is 23.3 Å². The Morgan fingerprint density at radius 2 is 2.24 bits per heavy atom. The van der Waals surface area contributed by atoms with E-state index >= 15 is 0 Å². The molecule has 2 aliphatic carbocycles. The van der Waals surface area contributed by atoms with E-state index in [1.807, 2.05) is 0 Å². The van der Waals surface area contributed by atoms with Gasteiger partial charge in [0.2, 0.25) is 0 Å². The lowest BCUT2D eigenvalue weighted by Gasteiger charge is -2.56. The number of phenols is 1. The molecule has 1 aliphatic heterocycles. The summed E-state index contributed by atoms with van der Waals surface area (Å²) in [5, 5.41) is 17.5. The van der Waals surface area contributed by atoms with Crippen LogP contribution in [0.1, 0.15) is 50.2 Å². The summed E-state index contributed by atoms with van der Waals surface area (Å²) in [7, 11) is 0. The summed E-state index contributed by atoms with van der Waals surface area (Å²) < 4.78 is 0. The average molecular weight is 286 g/mol. The third kappa shape index (κ3) is 1.90. The van der Waals surface area contributed by atoms with Crippen LogP contribution in [0.2, 0.25) is 0 Å². The lowest BCUT2D eigenvalue weighted by atomic mass is 9.53. The van der Waals surface area contributed by atoms with Gasteiger partial charge in [-0.05, 0) is 68.3 Å². The zero-order valence-corrected chi connectivity index (χ0v) is 12.9.